The number of hydrogen-bond donors (Lipinski definition) is 2. The van der Waals surface area contributed by atoms with Crippen LogP contribution >= 0.6 is 11.8 Å². The van der Waals surface area contributed by atoms with Crippen LogP contribution in [0.25, 0.3) is 0 Å². The van der Waals surface area contributed by atoms with Crippen molar-refractivity contribution in [3.05, 3.63) is 53.6 Å². The molecule has 0 spiro atoms. The minimum absolute atomic E-state index is 0.0500. The van der Waals surface area contributed by atoms with E-state index in [0.29, 0.717) is 5.69 Å². The summed E-state index contributed by atoms with van der Waals surface area (Å²) in [6.07, 6.45) is 0.0500. The Hall–Kier alpha value is -2.80. The maximum Gasteiger partial charge on any atom is 0.325 e. The summed E-state index contributed by atoms with van der Waals surface area (Å²) in [4.78, 5) is 39.5. The van der Waals surface area contributed by atoms with Gasteiger partial charge in [0.25, 0.3) is 5.91 Å². The number of anilines is 1. The van der Waals surface area contributed by atoms with E-state index in [4.69, 9.17) is 0 Å². The van der Waals surface area contributed by atoms with Gasteiger partial charge < -0.3 is 10.6 Å². The third kappa shape index (κ3) is 4.98. The van der Waals surface area contributed by atoms with E-state index in [-0.39, 0.29) is 24.8 Å². The topological polar surface area (TPSA) is 78.5 Å². The van der Waals surface area contributed by atoms with Crippen molar-refractivity contribution in [1.82, 2.24) is 10.2 Å². The van der Waals surface area contributed by atoms with Crippen LogP contribution in [0.2, 0.25) is 0 Å². The Bertz CT molecular complexity index is 954. The predicted molar refractivity (Wildman–Crippen MR) is 114 cm³/mol. The standard InChI is InChI=1S/C22H25N3O3S/c1-14-5-8-18(13-15(14)2)29-17-9-6-16(7-10-17)23-19(26)11-12-25-20(27)22(3,4)24-21(25)28/h5-10,13H,11-12H2,1-4H3,(H,23,26)(H,24,28). The zero-order chi connectivity index (χ0) is 21.2. The molecule has 2 N–H and O–H groups in total. The molecular weight excluding hydrogens is 386 g/mol. The molecule has 0 radical (unpaired) electrons. The van der Waals surface area contributed by atoms with E-state index in [9.17, 15) is 14.4 Å². The van der Waals surface area contributed by atoms with Gasteiger partial charge in [-0.1, -0.05) is 17.8 Å². The Morgan fingerprint density at radius 3 is 2.28 bits per heavy atom. The van der Waals surface area contributed by atoms with E-state index in [1.54, 1.807) is 25.6 Å². The molecule has 1 aliphatic rings. The highest BCUT2D eigenvalue weighted by Crippen LogP contribution is 2.29. The first-order valence-electron chi connectivity index (χ1n) is 9.45. The highest BCUT2D eigenvalue weighted by atomic mass is 32.2. The van der Waals surface area contributed by atoms with Crippen LogP contribution in [-0.4, -0.2) is 34.8 Å². The molecule has 0 aliphatic carbocycles. The zero-order valence-corrected chi connectivity index (χ0v) is 17.9. The summed E-state index contributed by atoms with van der Waals surface area (Å²) in [5.74, 6) is -0.562. The van der Waals surface area contributed by atoms with Gasteiger partial charge in [-0.15, -0.1) is 0 Å². The maximum atomic E-state index is 12.2. The summed E-state index contributed by atoms with van der Waals surface area (Å²) in [6, 6.07) is 13.5. The van der Waals surface area contributed by atoms with Crippen molar-refractivity contribution in [2.75, 3.05) is 11.9 Å². The van der Waals surface area contributed by atoms with Gasteiger partial charge >= 0.3 is 6.03 Å². The van der Waals surface area contributed by atoms with Crippen molar-refractivity contribution in [2.24, 2.45) is 0 Å². The number of nitrogens with one attached hydrogen (secondary N) is 2. The lowest BCUT2D eigenvalue weighted by molar-refractivity contribution is -0.130. The van der Waals surface area contributed by atoms with Crippen LogP contribution < -0.4 is 10.6 Å². The molecule has 0 saturated carbocycles. The second-order valence-corrected chi connectivity index (χ2v) is 8.83. The third-order valence-electron chi connectivity index (χ3n) is 4.86. The Balaban J connectivity index is 1.53. The fourth-order valence-corrected chi connectivity index (χ4v) is 3.89. The van der Waals surface area contributed by atoms with Crippen LogP contribution in [0.15, 0.2) is 52.3 Å². The van der Waals surface area contributed by atoms with Crippen LogP contribution in [0.4, 0.5) is 10.5 Å². The van der Waals surface area contributed by atoms with E-state index < -0.39 is 11.6 Å². The normalized spacial score (nSPS) is 15.4. The van der Waals surface area contributed by atoms with Gasteiger partial charge in [0.05, 0.1) is 0 Å². The van der Waals surface area contributed by atoms with Crippen molar-refractivity contribution in [1.29, 1.82) is 0 Å². The Kier molecular flexibility index (Phi) is 5.98. The molecule has 1 fully saturated rings. The van der Waals surface area contributed by atoms with Gasteiger partial charge in [-0.2, -0.15) is 0 Å². The molecule has 152 valence electrons. The predicted octanol–water partition coefficient (Wildman–Crippen LogP) is 4.11. The van der Waals surface area contributed by atoms with Crippen LogP contribution in [0.3, 0.4) is 0 Å². The van der Waals surface area contributed by atoms with Gasteiger partial charge in [-0.3, -0.25) is 14.5 Å². The second-order valence-electron chi connectivity index (χ2n) is 7.68. The summed E-state index contributed by atoms with van der Waals surface area (Å²) < 4.78 is 0. The fraction of sp³-hybridized carbons (Fsp3) is 0.318. The number of carbonyl (C=O) groups is 3. The van der Waals surface area contributed by atoms with Crippen LogP contribution in [-0.2, 0) is 9.59 Å². The van der Waals surface area contributed by atoms with Crippen molar-refractivity contribution < 1.29 is 14.4 Å². The quantitative estimate of drug-likeness (QED) is 0.701. The monoisotopic (exact) mass is 411 g/mol. The average molecular weight is 412 g/mol. The number of amides is 4. The minimum Gasteiger partial charge on any atom is -0.326 e. The fourth-order valence-electron chi connectivity index (χ4n) is 2.98. The first-order valence-corrected chi connectivity index (χ1v) is 10.3. The van der Waals surface area contributed by atoms with Crippen molar-refractivity contribution in [2.45, 2.75) is 49.4 Å². The number of imide groups is 1. The van der Waals surface area contributed by atoms with Gasteiger partial charge in [0.15, 0.2) is 0 Å². The molecule has 6 nitrogen and oxygen atoms in total. The average Bonchev–Trinajstić information content (AvgIpc) is 2.85. The second kappa shape index (κ2) is 8.29. The number of nitrogens with zero attached hydrogens (tertiary/aromatic N) is 1. The largest absolute Gasteiger partial charge is 0.326 e. The molecule has 1 aliphatic heterocycles. The molecule has 1 heterocycles. The number of hydrogen-bond acceptors (Lipinski definition) is 4. The molecule has 0 aromatic heterocycles. The van der Waals surface area contributed by atoms with Crippen LogP contribution in [0.1, 0.15) is 31.4 Å². The minimum atomic E-state index is -0.920. The van der Waals surface area contributed by atoms with Gasteiger partial charge in [-0.05, 0) is 75.2 Å². The Morgan fingerprint density at radius 1 is 1.03 bits per heavy atom. The van der Waals surface area contributed by atoms with Crippen LogP contribution in [0, 0.1) is 13.8 Å². The number of urea groups is 1. The van der Waals surface area contributed by atoms with Gasteiger partial charge in [0, 0.05) is 28.4 Å². The first-order chi connectivity index (χ1) is 13.7. The van der Waals surface area contributed by atoms with Crippen LogP contribution in [0.5, 0.6) is 0 Å². The van der Waals surface area contributed by atoms with E-state index in [1.165, 1.54) is 16.0 Å². The van der Waals surface area contributed by atoms with Crippen molar-refractivity contribution >= 4 is 35.3 Å². The molecule has 29 heavy (non-hydrogen) atoms. The summed E-state index contributed by atoms with van der Waals surface area (Å²) in [6.45, 7) is 7.53. The highest BCUT2D eigenvalue weighted by molar-refractivity contribution is 7.99. The smallest absolute Gasteiger partial charge is 0.325 e. The maximum absolute atomic E-state index is 12.2. The molecule has 7 heteroatoms. The third-order valence-corrected chi connectivity index (χ3v) is 5.86. The number of rotatable bonds is 6. The molecule has 0 unspecified atom stereocenters. The lowest BCUT2D eigenvalue weighted by Crippen LogP contribution is -2.40. The summed E-state index contributed by atoms with van der Waals surface area (Å²) in [5.41, 5.74) is 2.28. The molecule has 1 saturated heterocycles. The van der Waals surface area contributed by atoms with Gasteiger partial charge in [0.2, 0.25) is 5.91 Å². The van der Waals surface area contributed by atoms with E-state index >= 15 is 0 Å². The lowest BCUT2D eigenvalue weighted by Gasteiger charge is -2.15. The molecule has 0 bridgehead atoms. The lowest BCUT2D eigenvalue weighted by atomic mass is 10.1. The van der Waals surface area contributed by atoms with E-state index in [0.717, 1.165) is 9.80 Å². The molecule has 2 aromatic carbocycles. The SMILES string of the molecule is Cc1ccc(Sc2ccc(NC(=O)CCN3C(=O)NC(C)(C)C3=O)cc2)cc1C. The molecule has 0 atom stereocenters. The van der Waals surface area contributed by atoms with Crippen molar-refractivity contribution in [3.8, 4) is 0 Å². The summed E-state index contributed by atoms with van der Waals surface area (Å²) in [5, 5.41) is 5.41. The summed E-state index contributed by atoms with van der Waals surface area (Å²) >= 11 is 1.66. The van der Waals surface area contributed by atoms with Crippen molar-refractivity contribution in [3.63, 3.8) is 0 Å². The van der Waals surface area contributed by atoms with E-state index in [2.05, 4.69) is 42.7 Å². The van der Waals surface area contributed by atoms with Gasteiger partial charge in [0.1, 0.15) is 5.54 Å². The molecule has 3 rings (SSSR count). The van der Waals surface area contributed by atoms with Gasteiger partial charge in [-0.25, -0.2) is 4.79 Å². The molecular formula is C22H25N3O3S. The zero-order valence-electron chi connectivity index (χ0n) is 17.0. The Labute approximate surface area is 175 Å². The number of aryl methyl sites for hydroxylation is 2. The Morgan fingerprint density at radius 2 is 1.69 bits per heavy atom. The number of carbonyl (C=O) groups excluding carboxylic acids is 3. The molecule has 4 amide bonds. The molecule has 2 aromatic rings. The van der Waals surface area contributed by atoms with E-state index in [1.807, 2.05) is 24.3 Å². The summed E-state index contributed by atoms with van der Waals surface area (Å²) in [7, 11) is 0. The highest BCUT2D eigenvalue weighted by Gasteiger charge is 2.43. The first kappa shape index (κ1) is 20.9. The number of benzene rings is 2.